The van der Waals surface area contributed by atoms with Gasteiger partial charge in [0, 0.05) is 6.42 Å². The molecule has 0 aliphatic rings. The first-order chi connectivity index (χ1) is 24.0. The number of aromatic nitrogens is 4. The van der Waals surface area contributed by atoms with Gasteiger partial charge in [0.1, 0.15) is 42.3 Å². The number of hydrogen-bond acceptors (Lipinski definition) is 13. The van der Waals surface area contributed by atoms with Crippen LogP contribution in [0.3, 0.4) is 0 Å². The largest absolute Gasteiger partial charge is 0.491 e. The van der Waals surface area contributed by atoms with Crippen LogP contribution >= 0.6 is 11.3 Å². The van der Waals surface area contributed by atoms with Crippen LogP contribution in [0.15, 0.2) is 77.3 Å². The molecule has 15 nitrogen and oxygen atoms in total. The molecule has 1 amide bonds. The first-order valence-corrected chi connectivity index (χ1v) is 17.4. The SMILES string of the molecule is COC(=O)C(COCc1cccc(OCCO)c1)NC(=O)[C@H](Cc1ccc(F)cc1)n1cc(COc2ccc3nc(S(N)(=O)=O)sc3c2)nn1. The Morgan fingerprint density at radius 3 is 2.56 bits per heavy atom. The van der Waals surface area contributed by atoms with Gasteiger partial charge in [-0.15, -0.1) is 16.4 Å². The van der Waals surface area contributed by atoms with Crippen molar-refractivity contribution in [3.8, 4) is 11.5 Å². The molecule has 5 rings (SSSR count). The van der Waals surface area contributed by atoms with Crippen molar-refractivity contribution in [1.82, 2.24) is 25.3 Å². The van der Waals surface area contributed by atoms with E-state index in [1.807, 2.05) is 0 Å². The van der Waals surface area contributed by atoms with Gasteiger partial charge in [-0.1, -0.05) is 29.5 Å². The lowest BCUT2D eigenvalue weighted by atomic mass is 10.0. The number of methoxy groups -OCH3 is 1. The molecule has 0 saturated heterocycles. The number of carbonyl (C=O) groups excluding carboxylic acids is 2. The summed E-state index contributed by atoms with van der Waals surface area (Å²) in [6.45, 7) is -0.180. The highest BCUT2D eigenvalue weighted by Gasteiger charge is 2.29. The number of fused-ring (bicyclic) bond motifs is 1. The molecule has 2 aromatic heterocycles. The monoisotopic (exact) mass is 728 g/mol. The average molecular weight is 729 g/mol. The Balaban J connectivity index is 1.28. The maximum absolute atomic E-state index is 13.7. The number of aliphatic hydroxyl groups excluding tert-OH is 1. The molecular weight excluding hydrogens is 696 g/mol. The number of primary sulfonamides is 1. The van der Waals surface area contributed by atoms with Gasteiger partial charge in [0.25, 0.3) is 10.0 Å². The number of benzene rings is 3. The third-order valence-corrected chi connectivity index (χ3v) is 9.44. The maximum Gasteiger partial charge on any atom is 0.330 e. The highest BCUT2D eigenvalue weighted by Crippen LogP contribution is 2.28. The van der Waals surface area contributed by atoms with Crippen molar-refractivity contribution in [3.63, 3.8) is 0 Å². The van der Waals surface area contributed by atoms with E-state index in [-0.39, 0.29) is 43.8 Å². The Morgan fingerprint density at radius 2 is 1.82 bits per heavy atom. The van der Waals surface area contributed by atoms with E-state index in [4.69, 9.17) is 29.2 Å². The zero-order valence-corrected chi connectivity index (χ0v) is 28.2. The number of aliphatic hydroxyl groups is 1. The Kier molecular flexibility index (Phi) is 12.0. The minimum absolute atomic E-state index is 0.0535. The van der Waals surface area contributed by atoms with E-state index in [2.05, 4.69) is 20.6 Å². The van der Waals surface area contributed by atoms with E-state index < -0.39 is 39.8 Å². The van der Waals surface area contributed by atoms with Gasteiger partial charge < -0.3 is 29.4 Å². The van der Waals surface area contributed by atoms with Crippen LogP contribution in [0.25, 0.3) is 10.2 Å². The summed E-state index contributed by atoms with van der Waals surface area (Å²) in [5.74, 6) is -0.839. The molecule has 0 saturated carbocycles. The van der Waals surface area contributed by atoms with Gasteiger partial charge in [0.15, 0.2) is 6.04 Å². The van der Waals surface area contributed by atoms with E-state index in [0.717, 1.165) is 16.9 Å². The molecule has 0 fully saturated rings. The average Bonchev–Trinajstić information content (AvgIpc) is 3.76. The van der Waals surface area contributed by atoms with Crippen LogP contribution in [-0.2, 0) is 48.7 Å². The number of ether oxygens (including phenoxy) is 4. The molecule has 1 unspecified atom stereocenters. The minimum atomic E-state index is -3.95. The van der Waals surface area contributed by atoms with E-state index in [1.165, 1.54) is 42.3 Å². The molecule has 0 aliphatic carbocycles. The topological polar surface area (TPSA) is 207 Å². The molecular formula is C32H33FN6O9S2. The van der Waals surface area contributed by atoms with Crippen molar-refractivity contribution in [2.75, 3.05) is 26.9 Å². The second kappa shape index (κ2) is 16.6. The van der Waals surface area contributed by atoms with Gasteiger partial charge in [0.2, 0.25) is 10.2 Å². The number of sulfonamides is 1. The Hall–Kier alpha value is -5.01. The quantitative estimate of drug-likeness (QED) is 0.118. The number of hydrogen-bond donors (Lipinski definition) is 3. The molecule has 0 aliphatic heterocycles. The minimum Gasteiger partial charge on any atom is -0.491 e. The highest BCUT2D eigenvalue weighted by molar-refractivity contribution is 7.91. The third kappa shape index (κ3) is 9.79. The highest BCUT2D eigenvalue weighted by atomic mass is 32.2. The van der Waals surface area contributed by atoms with Crippen LogP contribution < -0.4 is 19.9 Å². The van der Waals surface area contributed by atoms with Gasteiger partial charge in [-0.2, -0.15) is 0 Å². The first-order valence-electron chi connectivity index (χ1n) is 15.0. The summed E-state index contributed by atoms with van der Waals surface area (Å²) in [5.41, 5.74) is 2.16. The molecule has 3 aromatic carbocycles. The van der Waals surface area contributed by atoms with Crippen LogP contribution in [-0.4, -0.2) is 78.4 Å². The van der Waals surface area contributed by atoms with Crippen LogP contribution in [0.2, 0.25) is 0 Å². The van der Waals surface area contributed by atoms with Crippen molar-refractivity contribution in [1.29, 1.82) is 0 Å². The van der Waals surface area contributed by atoms with Crippen LogP contribution in [0.5, 0.6) is 11.5 Å². The molecule has 0 bridgehead atoms. The summed E-state index contributed by atoms with van der Waals surface area (Å²) in [4.78, 5) is 30.4. The van der Waals surface area contributed by atoms with Crippen LogP contribution in [0.1, 0.15) is 22.9 Å². The van der Waals surface area contributed by atoms with Crippen molar-refractivity contribution in [2.45, 2.75) is 36.1 Å². The normalized spacial score (nSPS) is 12.7. The smallest absolute Gasteiger partial charge is 0.330 e. The first kappa shape index (κ1) is 36.3. The fraction of sp³-hybridized carbons (Fsp3) is 0.281. The third-order valence-electron chi connectivity index (χ3n) is 7.11. The predicted octanol–water partition coefficient (Wildman–Crippen LogP) is 2.28. The Bertz CT molecular complexity index is 2040. The number of nitrogens with two attached hydrogens (primary N) is 1. The lowest BCUT2D eigenvalue weighted by molar-refractivity contribution is -0.147. The molecule has 50 heavy (non-hydrogen) atoms. The zero-order chi connectivity index (χ0) is 35.7. The molecule has 2 heterocycles. The van der Waals surface area contributed by atoms with Crippen molar-refractivity contribution in [3.05, 3.63) is 95.6 Å². The number of rotatable bonds is 17. The van der Waals surface area contributed by atoms with Gasteiger partial charge in [0.05, 0.1) is 43.3 Å². The van der Waals surface area contributed by atoms with Gasteiger partial charge >= 0.3 is 5.97 Å². The molecule has 5 aromatic rings. The maximum atomic E-state index is 13.7. The summed E-state index contributed by atoms with van der Waals surface area (Å²) < 4.78 is 60.6. The van der Waals surface area contributed by atoms with Crippen LogP contribution in [0.4, 0.5) is 4.39 Å². The van der Waals surface area contributed by atoms with Gasteiger partial charge in [-0.25, -0.2) is 32.4 Å². The summed E-state index contributed by atoms with van der Waals surface area (Å²) in [5, 5.41) is 25.1. The number of nitrogens with zero attached hydrogens (tertiary/aromatic N) is 4. The predicted molar refractivity (Wildman–Crippen MR) is 177 cm³/mol. The Morgan fingerprint density at radius 1 is 1.04 bits per heavy atom. The number of thiazole rings is 1. The number of halogens is 1. The standard InChI is InChI=1S/C32H33FN6O9S2/c1-45-31(42)27(19-46-17-21-3-2-4-24(13-21)47-12-11-40)35-30(41)28(14-20-5-7-22(33)8-6-20)39-16-23(37-38-39)18-48-25-9-10-26-29(15-25)49-32(36-26)50(34,43)44/h2-10,13,15-16,27-28,40H,11-12,14,17-19H2,1H3,(H,35,41)(H2,34,43,44)/t27?,28-/m0/s1. The van der Waals surface area contributed by atoms with Gasteiger partial charge in [-0.05, 0) is 53.6 Å². The fourth-order valence-electron chi connectivity index (χ4n) is 4.70. The molecule has 0 radical (unpaired) electrons. The van der Waals surface area contributed by atoms with E-state index in [1.54, 1.807) is 42.5 Å². The summed E-state index contributed by atoms with van der Waals surface area (Å²) >= 11 is 0.909. The fourth-order valence-corrected chi connectivity index (χ4v) is 6.38. The van der Waals surface area contributed by atoms with Crippen molar-refractivity contribution >= 4 is 43.5 Å². The lowest BCUT2D eigenvalue weighted by Crippen LogP contribution is -2.47. The summed E-state index contributed by atoms with van der Waals surface area (Å²) in [6, 6.07) is 15.2. The summed E-state index contributed by atoms with van der Waals surface area (Å²) in [6.07, 6.45) is 1.58. The second-order valence-corrected chi connectivity index (χ2v) is 13.6. The second-order valence-electron chi connectivity index (χ2n) is 10.8. The van der Waals surface area contributed by atoms with E-state index >= 15 is 0 Å². The Labute approximate surface area is 289 Å². The number of nitrogens with one attached hydrogen (secondary N) is 1. The molecule has 18 heteroatoms. The summed E-state index contributed by atoms with van der Waals surface area (Å²) in [7, 11) is -2.76. The zero-order valence-electron chi connectivity index (χ0n) is 26.6. The molecule has 0 spiro atoms. The number of esters is 1. The lowest BCUT2D eigenvalue weighted by Gasteiger charge is -2.21. The molecule has 264 valence electrons. The molecule has 2 atom stereocenters. The van der Waals surface area contributed by atoms with Gasteiger partial charge in [-0.3, -0.25) is 4.79 Å². The van der Waals surface area contributed by atoms with Crippen molar-refractivity contribution < 1.29 is 46.5 Å². The number of amides is 1. The van der Waals surface area contributed by atoms with Crippen LogP contribution in [0, 0.1) is 5.82 Å². The van der Waals surface area contributed by atoms with E-state index in [9.17, 15) is 22.4 Å². The molecule has 4 N–H and O–H groups in total. The van der Waals surface area contributed by atoms with E-state index in [0.29, 0.717) is 33.0 Å². The number of carbonyl (C=O) groups is 2. The van der Waals surface area contributed by atoms with Crippen molar-refractivity contribution in [2.24, 2.45) is 5.14 Å².